The van der Waals surface area contributed by atoms with Crippen LogP contribution in [0.1, 0.15) is 46.0 Å². The summed E-state index contributed by atoms with van der Waals surface area (Å²) in [6, 6.07) is 0. The molecule has 2 fully saturated rings. The number of rotatable bonds is 2. The van der Waals surface area contributed by atoms with Crippen LogP contribution in [-0.2, 0) is 4.79 Å². The first kappa shape index (κ1) is 13.9. The molecule has 2 aliphatic heterocycles. The second-order valence-corrected chi connectivity index (χ2v) is 6.55. The van der Waals surface area contributed by atoms with Crippen LogP contribution >= 0.6 is 0 Å². The van der Waals surface area contributed by atoms with Gasteiger partial charge >= 0.3 is 0 Å². The summed E-state index contributed by atoms with van der Waals surface area (Å²) in [7, 11) is 2.13. The summed E-state index contributed by atoms with van der Waals surface area (Å²) in [6.45, 7) is 8.46. The average Bonchev–Trinajstić information content (AvgIpc) is 2.38. The first-order valence-corrected chi connectivity index (χ1v) is 7.53. The molecule has 0 saturated carbocycles. The Morgan fingerprint density at radius 2 is 1.94 bits per heavy atom. The average molecular weight is 252 g/mol. The molecule has 1 unspecified atom stereocenters. The lowest BCUT2D eigenvalue weighted by Gasteiger charge is -2.42. The molecule has 1 amide bonds. The quantitative estimate of drug-likeness (QED) is 0.753. The van der Waals surface area contributed by atoms with Gasteiger partial charge in [-0.2, -0.15) is 0 Å². The van der Waals surface area contributed by atoms with Crippen LogP contribution in [0.4, 0.5) is 0 Å². The standard InChI is InChI=1S/C15H28N2O/c1-4-13-6-10-17(11-7-13)14(18)15(2)8-5-9-16(3)12-15/h13H,4-12H2,1-3H3. The number of hydrogen-bond acceptors (Lipinski definition) is 2. The fourth-order valence-corrected chi connectivity index (χ4v) is 3.59. The van der Waals surface area contributed by atoms with Crippen LogP contribution < -0.4 is 0 Å². The van der Waals surface area contributed by atoms with Crippen molar-refractivity contribution in [3.05, 3.63) is 0 Å². The first-order chi connectivity index (χ1) is 8.55. The number of nitrogens with zero attached hydrogens (tertiary/aromatic N) is 2. The molecule has 2 heterocycles. The van der Waals surface area contributed by atoms with Gasteiger partial charge in [0, 0.05) is 19.6 Å². The molecular weight excluding hydrogens is 224 g/mol. The van der Waals surface area contributed by atoms with Gasteiger partial charge in [0.15, 0.2) is 0 Å². The minimum atomic E-state index is -0.133. The van der Waals surface area contributed by atoms with Crippen molar-refractivity contribution < 1.29 is 4.79 Å². The van der Waals surface area contributed by atoms with E-state index < -0.39 is 0 Å². The highest BCUT2D eigenvalue weighted by Crippen LogP contribution is 2.32. The van der Waals surface area contributed by atoms with Gasteiger partial charge in [0.05, 0.1) is 5.41 Å². The van der Waals surface area contributed by atoms with Gasteiger partial charge in [0.1, 0.15) is 0 Å². The van der Waals surface area contributed by atoms with Crippen molar-refractivity contribution in [2.75, 3.05) is 33.2 Å². The van der Waals surface area contributed by atoms with Crippen LogP contribution in [0.3, 0.4) is 0 Å². The fourth-order valence-electron chi connectivity index (χ4n) is 3.59. The van der Waals surface area contributed by atoms with E-state index in [1.165, 1.54) is 19.3 Å². The van der Waals surface area contributed by atoms with Crippen molar-refractivity contribution in [1.82, 2.24) is 9.80 Å². The fraction of sp³-hybridized carbons (Fsp3) is 0.933. The number of likely N-dealkylation sites (tertiary alicyclic amines) is 2. The van der Waals surface area contributed by atoms with Crippen molar-refractivity contribution in [3.8, 4) is 0 Å². The van der Waals surface area contributed by atoms with Crippen LogP contribution in [0.15, 0.2) is 0 Å². The maximum atomic E-state index is 12.7. The van der Waals surface area contributed by atoms with E-state index in [9.17, 15) is 4.79 Å². The SMILES string of the molecule is CCC1CCN(C(=O)C2(C)CCCN(C)C2)CC1. The van der Waals surface area contributed by atoms with Gasteiger partial charge in [-0.15, -0.1) is 0 Å². The second kappa shape index (κ2) is 5.60. The van der Waals surface area contributed by atoms with E-state index in [0.29, 0.717) is 5.91 Å². The molecule has 2 saturated heterocycles. The molecule has 3 nitrogen and oxygen atoms in total. The maximum absolute atomic E-state index is 12.7. The van der Waals surface area contributed by atoms with Crippen molar-refractivity contribution in [2.24, 2.45) is 11.3 Å². The lowest BCUT2D eigenvalue weighted by Crippen LogP contribution is -2.52. The molecule has 2 rings (SSSR count). The highest BCUT2D eigenvalue weighted by atomic mass is 16.2. The molecule has 2 aliphatic rings. The molecule has 0 aromatic rings. The molecule has 0 aromatic heterocycles. The molecule has 0 aliphatic carbocycles. The minimum absolute atomic E-state index is 0.133. The van der Waals surface area contributed by atoms with E-state index in [1.54, 1.807) is 0 Å². The number of hydrogen-bond donors (Lipinski definition) is 0. The van der Waals surface area contributed by atoms with E-state index in [0.717, 1.165) is 44.9 Å². The topological polar surface area (TPSA) is 23.6 Å². The van der Waals surface area contributed by atoms with Crippen molar-refractivity contribution in [3.63, 3.8) is 0 Å². The summed E-state index contributed by atoms with van der Waals surface area (Å²) in [5.74, 6) is 1.25. The van der Waals surface area contributed by atoms with Crippen molar-refractivity contribution in [1.29, 1.82) is 0 Å². The Labute approximate surface area is 112 Å². The lowest BCUT2D eigenvalue weighted by atomic mass is 9.80. The zero-order valence-corrected chi connectivity index (χ0v) is 12.2. The number of piperidine rings is 2. The predicted molar refractivity (Wildman–Crippen MR) is 74.4 cm³/mol. The smallest absolute Gasteiger partial charge is 0.229 e. The zero-order valence-electron chi connectivity index (χ0n) is 12.2. The molecule has 18 heavy (non-hydrogen) atoms. The van der Waals surface area contributed by atoms with Gasteiger partial charge in [0.25, 0.3) is 0 Å². The van der Waals surface area contributed by atoms with Gasteiger partial charge < -0.3 is 9.80 Å². The van der Waals surface area contributed by atoms with Crippen molar-refractivity contribution in [2.45, 2.75) is 46.0 Å². The Balaban J connectivity index is 1.94. The first-order valence-electron chi connectivity index (χ1n) is 7.53. The molecule has 0 spiro atoms. The van der Waals surface area contributed by atoms with Crippen molar-refractivity contribution >= 4 is 5.91 Å². The molecule has 1 atom stereocenters. The molecule has 3 heteroatoms. The minimum Gasteiger partial charge on any atom is -0.342 e. The van der Waals surface area contributed by atoms with Gasteiger partial charge in [-0.25, -0.2) is 0 Å². The summed E-state index contributed by atoms with van der Waals surface area (Å²) in [6.07, 6.45) is 5.89. The summed E-state index contributed by atoms with van der Waals surface area (Å²) in [5, 5.41) is 0. The Morgan fingerprint density at radius 1 is 1.28 bits per heavy atom. The van der Waals surface area contributed by atoms with E-state index in [2.05, 4.69) is 30.7 Å². The summed E-state index contributed by atoms with van der Waals surface area (Å²) < 4.78 is 0. The van der Waals surface area contributed by atoms with Crippen LogP contribution in [0.25, 0.3) is 0 Å². The molecule has 0 aromatic carbocycles. The normalized spacial score (nSPS) is 31.6. The van der Waals surface area contributed by atoms with Crippen LogP contribution in [0.2, 0.25) is 0 Å². The lowest BCUT2D eigenvalue weighted by molar-refractivity contribution is -0.145. The highest BCUT2D eigenvalue weighted by Gasteiger charge is 2.40. The van der Waals surface area contributed by atoms with E-state index >= 15 is 0 Å². The zero-order chi connectivity index (χ0) is 13.2. The monoisotopic (exact) mass is 252 g/mol. The number of carbonyl (C=O) groups excluding carboxylic acids is 1. The predicted octanol–water partition coefficient (Wildman–Crippen LogP) is 2.37. The third kappa shape index (κ3) is 2.87. The summed E-state index contributed by atoms with van der Waals surface area (Å²) in [5.41, 5.74) is -0.133. The maximum Gasteiger partial charge on any atom is 0.229 e. The number of amides is 1. The van der Waals surface area contributed by atoms with Gasteiger partial charge in [-0.1, -0.05) is 13.3 Å². The van der Waals surface area contributed by atoms with Gasteiger partial charge in [-0.3, -0.25) is 4.79 Å². The van der Waals surface area contributed by atoms with Crippen LogP contribution in [0, 0.1) is 11.3 Å². The Morgan fingerprint density at radius 3 is 2.50 bits per heavy atom. The van der Waals surface area contributed by atoms with Gasteiger partial charge in [0.2, 0.25) is 5.91 Å². The molecule has 0 radical (unpaired) electrons. The summed E-state index contributed by atoms with van der Waals surface area (Å²) in [4.78, 5) is 17.2. The van der Waals surface area contributed by atoms with E-state index in [4.69, 9.17) is 0 Å². The van der Waals surface area contributed by atoms with Crippen LogP contribution in [-0.4, -0.2) is 48.9 Å². The van der Waals surface area contributed by atoms with E-state index in [1.807, 2.05) is 0 Å². The molecule has 0 N–H and O–H groups in total. The molecule has 104 valence electrons. The number of carbonyl (C=O) groups is 1. The molecular formula is C15H28N2O. The largest absolute Gasteiger partial charge is 0.342 e. The Hall–Kier alpha value is -0.570. The Kier molecular flexibility index (Phi) is 4.31. The van der Waals surface area contributed by atoms with E-state index in [-0.39, 0.29) is 5.41 Å². The Bertz CT molecular complexity index is 297. The third-order valence-corrected chi connectivity index (χ3v) is 4.88. The molecule has 0 bridgehead atoms. The van der Waals surface area contributed by atoms with Gasteiger partial charge in [-0.05, 0) is 52.1 Å². The highest BCUT2D eigenvalue weighted by molar-refractivity contribution is 5.82. The van der Waals surface area contributed by atoms with Crippen LogP contribution in [0.5, 0.6) is 0 Å². The summed E-state index contributed by atoms with van der Waals surface area (Å²) >= 11 is 0. The third-order valence-electron chi connectivity index (χ3n) is 4.88. The second-order valence-electron chi connectivity index (χ2n) is 6.55.